The van der Waals surface area contributed by atoms with Gasteiger partial charge in [-0.15, -0.1) is 0 Å². The number of anilines is 1. The van der Waals surface area contributed by atoms with Crippen LogP contribution in [0.1, 0.15) is 23.2 Å². The average molecular weight is 293 g/mol. The first-order valence-corrected chi connectivity index (χ1v) is 6.75. The maximum absolute atomic E-state index is 12.6. The Balaban J connectivity index is 2.31. The van der Waals surface area contributed by atoms with E-state index in [0.29, 0.717) is 6.54 Å². The van der Waals surface area contributed by atoms with Crippen LogP contribution in [-0.4, -0.2) is 58.8 Å². The number of rotatable bonds is 4. The summed E-state index contributed by atoms with van der Waals surface area (Å²) in [5.74, 6) is -0.243. The molecule has 2 N–H and O–H groups in total. The van der Waals surface area contributed by atoms with Crippen LogP contribution < -0.4 is 5.73 Å². The van der Waals surface area contributed by atoms with Crippen molar-refractivity contribution in [3.63, 3.8) is 0 Å². The Kier molecular flexibility index (Phi) is 4.37. The van der Waals surface area contributed by atoms with Gasteiger partial charge in [0.05, 0.1) is 4.92 Å². The first-order valence-electron chi connectivity index (χ1n) is 6.75. The number of hydrogen-bond donors (Lipinski definition) is 1. The molecule has 0 aliphatic carbocycles. The number of nitro groups is 1. The first kappa shape index (κ1) is 15.2. The summed E-state index contributed by atoms with van der Waals surface area (Å²) in [6, 6.07) is 1.35. The Hall–Kier alpha value is -2.22. The number of amides is 1. The molecule has 1 amide bonds. The molecule has 0 bridgehead atoms. The van der Waals surface area contributed by atoms with Crippen molar-refractivity contribution in [2.45, 2.75) is 18.9 Å². The normalized spacial score (nSPS) is 18.2. The van der Waals surface area contributed by atoms with E-state index in [9.17, 15) is 14.9 Å². The van der Waals surface area contributed by atoms with Crippen LogP contribution in [0.2, 0.25) is 0 Å². The second-order valence-electron chi connectivity index (χ2n) is 5.44. The minimum absolute atomic E-state index is 0.0122. The molecule has 1 atom stereocenters. The Labute approximate surface area is 122 Å². The van der Waals surface area contributed by atoms with Gasteiger partial charge in [-0.3, -0.25) is 14.9 Å². The van der Waals surface area contributed by atoms with Crippen molar-refractivity contribution < 1.29 is 9.72 Å². The van der Waals surface area contributed by atoms with E-state index in [4.69, 9.17) is 5.73 Å². The van der Waals surface area contributed by atoms with Gasteiger partial charge in [0.2, 0.25) is 0 Å². The largest absolute Gasteiger partial charge is 0.384 e. The monoisotopic (exact) mass is 293 g/mol. The third-order valence-electron chi connectivity index (χ3n) is 3.55. The Morgan fingerprint density at radius 2 is 2.33 bits per heavy atom. The van der Waals surface area contributed by atoms with E-state index >= 15 is 0 Å². The van der Waals surface area contributed by atoms with Crippen LogP contribution in [0, 0.1) is 10.1 Å². The van der Waals surface area contributed by atoms with Gasteiger partial charge < -0.3 is 15.5 Å². The zero-order valence-electron chi connectivity index (χ0n) is 12.2. The average Bonchev–Trinajstić information content (AvgIpc) is 2.84. The molecule has 8 heteroatoms. The summed E-state index contributed by atoms with van der Waals surface area (Å²) in [5, 5.41) is 11.1. The molecule has 21 heavy (non-hydrogen) atoms. The number of carbonyl (C=O) groups excluding carboxylic acids is 1. The van der Waals surface area contributed by atoms with E-state index in [2.05, 4.69) is 4.98 Å². The molecular weight excluding hydrogens is 274 g/mol. The van der Waals surface area contributed by atoms with Gasteiger partial charge in [0.1, 0.15) is 17.6 Å². The fourth-order valence-electron chi connectivity index (χ4n) is 2.65. The van der Waals surface area contributed by atoms with Crippen LogP contribution in [-0.2, 0) is 0 Å². The van der Waals surface area contributed by atoms with Gasteiger partial charge in [-0.05, 0) is 33.0 Å². The van der Waals surface area contributed by atoms with E-state index < -0.39 is 4.92 Å². The highest BCUT2D eigenvalue weighted by atomic mass is 16.6. The lowest BCUT2D eigenvalue weighted by molar-refractivity contribution is -0.385. The van der Waals surface area contributed by atoms with Gasteiger partial charge >= 0.3 is 0 Å². The van der Waals surface area contributed by atoms with Crippen LogP contribution in [0.4, 0.5) is 11.5 Å². The SMILES string of the molecule is CN(C)CC1CCCN1C(=O)c1cc(N)ncc1[N+](=O)[O-]. The van der Waals surface area contributed by atoms with Crippen LogP contribution in [0.15, 0.2) is 12.3 Å². The van der Waals surface area contributed by atoms with Crippen LogP contribution in [0.3, 0.4) is 0 Å². The second-order valence-corrected chi connectivity index (χ2v) is 5.44. The van der Waals surface area contributed by atoms with Gasteiger partial charge in [0, 0.05) is 19.1 Å². The molecule has 1 aliphatic heterocycles. The summed E-state index contributed by atoms with van der Waals surface area (Å²) >= 11 is 0. The van der Waals surface area contributed by atoms with E-state index in [-0.39, 0.29) is 29.0 Å². The van der Waals surface area contributed by atoms with E-state index in [1.165, 1.54) is 6.07 Å². The molecule has 8 nitrogen and oxygen atoms in total. The standard InChI is InChI=1S/C13H19N5O3/c1-16(2)8-9-4-3-5-17(9)13(19)10-6-12(14)15-7-11(10)18(20)21/h6-7,9H,3-5,8H2,1-2H3,(H2,14,15). The molecule has 1 aromatic heterocycles. The molecule has 1 aliphatic rings. The second kappa shape index (κ2) is 6.04. The molecule has 0 saturated carbocycles. The number of aromatic nitrogens is 1. The van der Waals surface area contributed by atoms with Crippen molar-refractivity contribution in [3.05, 3.63) is 27.9 Å². The summed E-state index contributed by atoms with van der Waals surface area (Å²) in [7, 11) is 3.88. The van der Waals surface area contributed by atoms with Gasteiger partial charge in [0.15, 0.2) is 0 Å². The van der Waals surface area contributed by atoms with Crippen LogP contribution in [0.5, 0.6) is 0 Å². The van der Waals surface area contributed by atoms with Gasteiger partial charge in [-0.1, -0.05) is 0 Å². The number of nitrogens with two attached hydrogens (primary N) is 1. The summed E-state index contributed by atoms with van der Waals surface area (Å²) < 4.78 is 0. The van der Waals surface area contributed by atoms with Crippen molar-refractivity contribution >= 4 is 17.4 Å². The highest BCUT2D eigenvalue weighted by Crippen LogP contribution is 2.26. The molecule has 0 spiro atoms. The highest BCUT2D eigenvalue weighted by Gasteiger charge is 2.33. The van der Waals surface area contributed by atoms with Crippen molar-refractivity contribution in [1.29, 1.82) is 0 Å². The predicted octanol–water partition coefficient (Wildman–Crippen LogP) is 0.738. The van der Waals surface area contributed by atoms with E-state index in [1.807, 2.05) is 19.0 Å². The smallest absolute Gasteiger partial charge is 0.300 e. The molecule has 2 heterocycles. The minimum atomic E-state index is -0.600. The Morgan fingerprint density at radius 1 is 1.62 bits per heavy atom. The third kappa shape index (κ3) is 3.27. The summed E-state index contributed by atoms with van der Waals surface area (Å²) in [6.45, 7) is 1.34. The van der Waals surface area contributed by atoms with E-state index in [0.717, 1.165) is 25.6 Å². The molecular formula is C13H19N5O3. The summed E-state index contributed by atoms with van der Waals surface area (Å²) in [4.78, 5) is 30.5. The van der Waals surface area contributed by atoms with Gasteiger partial charge in [-0.25, -0.2) is 4.98 Å². The van der Waals surface area contributed by atoms with Crippen LogP contribution >= 0.6 is 0 Å². The highest BCUT2D eigenvalue weighted by molar-refractivity contribution is 5.99. The van der Waals surface area contributed by atoms with Gasteiger partial charge in [-0.2, -0.15) is 0 Å². The lowest BCUT2D eigenvalue weighted by atomic mass is 10.1. The number of likely N-dealkylation sites (N-methyl/N-ethyl adjacent to an activating group) is 1. The lowest BCUT2D eigenvalue weighted by Gasteiger charge is -2.27. The molecule has 1 fully saturated rings. The number of pyridine rings is 1. The summed E-state index contributed by atoms with van der Waals surface area (Å²) in [6.07, 6.45) is 2.84. The summed E-state index contributed by atoms with van der Waals surface area (Å²) in [5.41, 5.74) is 5.28. The third-order valence-corrected chi connectivity index (χ3v) is 3.55. The fourth-order valence-corrected chi connectivity index (χ4v) is 2.65. The molecule has 1 unspecified atom stereocenters. The molecule has 1 aromatic rings. The van der Waals surface area contributed by atoms with Crippen LogP contribution in [0.25, 0.3) is 0 Å². The lowest BCUT2D eigenvalue weighted by Crippen LogP contribution is -2.41. The topological polar surface area (TPSA) is 106 Å². The molecule has 2 rings (SSSR count). The van der Waals surface area contributed by atoms with E-state index in [1.54, 1.807) is 4.90 Å². The zero-order chi connectivity index (χ0) is 15.6. The number of likely N-dealkylation sites (tertiary alicyclic amines) is 1. The molecule has 114 valence electrons. The number of hydrogen-bond acceptors (Lipinski definition) is 6. The Morgan fingerprint density at radius 3 is 2.95 bits per heavy atom. The van der Waals surface area contributed by atoms with Crippen molar-refractivity contribution in [2.75, 3.05) is 32.9 Å². The van der Waals surface area contributed by atoms with Crippen molar-refractivity contribution in [2.24, 2.45) is 0 Å². The first-order chi connectivity index (χ1) is 9.90. The maximum atomic E-state index is 12.6. The minimum Gasteiger partial charge on any atom is -0.384 e. The maximum Gasteiger partial charge on any atom is 0.300 e. The van der Waals surface area contributed by atoms with Crippen molar-refractivity contribution in [3.8, 4) is 0 Å². The fraction of sp³-hybridized carbons (Fsp3) is 0.538. The number of nitrogens with zero attached hydrogens (tertiary/aromatic N) is 4. The number of carbonyl (C=O) groups is 1. The predicted molar refractivity (Wildman–Crippen MR) is 77.9 cm³/mol. The quantitative estimate of drug-likeness (QED) is 0.648. The number of nitrogen functional groups attached to an aromatic ring is 1. The van der Waals surface area contributed by atoms with Crippen molar-refractivity contribution in [1.82, 2.24) is 14.8 Å². The zero-order valence-corrected chi connectivity index (χ0v) is 12.2. The Bertz CT molecular complexity index is 561. The molecule has 0 aromatic carbocycles. The molecule has 0 radical (unpaired) electrons. The molecule has 1 saturated heterocycles. The van der Waals surface area contributed by atoms with Gasteiger partial charge in [0.25, 0.3) is 11.6 Å².